The van der Waals surface area contributed by atoms with Crippen LogP contribution in [0.2, 0.25) is 0 Å². The maximum atomic E-state index is 11.1. The first-order valence-corrected chi connectivity index (χ1v) is 7.60. The summed E-state index contributed by atoms with van der Waals surface area (Å²) in [5, 5.41) is 19.7. The number of rotatable bonds is 4. The molecule has 112 valence electrons. The van der Waals surface area contributed by atoms with Crippen LogP contribution in [0.4, 0.5) is 5.13 Å². The van der Waals surface area contributed by atoms with Crippen LogP contribution in [0, 0.1) is 12.8 Å². The summed E-state index contributed by atoms with van der Waals surface area (Å²) in [5.74, 6) is -0.422. The number of primary amides is 1. The van der Waals surface area contributed by atoms with Crippen LogP contribution in [0.15, 0.2) is 11.4 Å². The molecule has 1 aliphatic rings. The summed E-state index contributed by atoms with van der Waals surface area (Å²) in [4.78, 5) is 17.3. The molecule has 2 atom stereocenters. The van der Waals surface area contributed by atoms with E-state index in [4.69, 9.17) is 5.73 Å². The lowest BCUT2D eigenvalue weighted by molar-refractivity contribution is 0.0996. The van der Waals surface area contributed by atoms with Crippen molar-refractivity contribution in [1.82, 2.24) is 15.2 Å². The first-order valence-electron chi connectivity index (χ1n) is 6.72. The summed E-state index contributed by atoms with van der Waals surface area (Å²) in [6, 6.07) is 1.99. The average Bonchev–Trinajstić information content (AvgIpc) is 3.11. The van der Waals surface area contributed by atoms with Crippen LogP contribution < -0.4 is 10.6 Å². The number of thiazole rings is 1. The second-order valence-electron chi connectivity index (χ2n) is 5.36. The highest BCUT2D eigenvalue weighted by atomic mass is 32.1. The Morgan fingerprint density at radius 2 is 2.43 bits per heavy atom. The molecular formula is C13H17N5O2S. The summed E-state index contributed by atoms with van der Waals surface area (Å²) in [7, 11) is 0. The fourth-order valence-electron chi connectivity index (χ4n) is 2.58. The maximum Gasteiger partial charge on any atom is 0.268 e. The van der Waals surface area contributed by atoms with Gasteiger partial charge in [0, 0.05) is 30.1 Å². The second-order valence-corrected chi connectivity index (χ2v) is 6.19. The predicted molar refractivity (Wildman–Crippen MR) is 79.4 cm³/mol. The van der Waals surface area contributed by atoms with Gasteiger partial charge in [-0.3, -0.25) is 9.89 Å². The highest BCUT2D eigenvalue weighted by Crippen LogP contribution is 2.28. The highest BCUT2D eigenvalue weighted by Gasteiger charge is 2.33. The van der Waals surface area contributed by atoms with Gasteiger partial charge >= 0.3 is 0 Å². The predicted octanol–water partition coefficient (Wildman–Crippen LogP) is 0.313. The van der Waals surface area contributed by atoms with Crippen molar-refractivity contribution in [3.8, 4) is 0 Å². The van der Waals surface area contributed by atoms with Gasteiger partial charge in [0.2, 0.25) is 0 Å². The lowest BCUT2D eigenvalue weighted by Crippen LogP contribution is -2.21. The SMILES string of the molecule is Cc1cc(C[C@@H]2CN(c3nc(C(N)=O)cs3)C[C@H]2O)n[nH]1. The van der Waals surface area contributed by atoms with Gasteiger partial charge in [-0.25, -0.2) is 4.98 Å². The molecule has 0 bridgehead atoms. The molecule has 0 aromatic carbocycles. The molecule has 1 amide bonds. The topological polar surface area (TPSA) is 108 Å². The second kappa shape index (κ2) is 5.45. The minimum absolute atomic E-state index is 0.105. The van der Waals surface area contributed by atoms with Gasteiger partial charge in [-0.05, 0) is 19.4 Å². The van der Waals surface area contributed by atoms with Crippen molar-refractivity contribution >= 4 is 22.4 Å². The molecule has 7 nitrogen and oxygen atoms in total. The van der Waals surface area contributed by atoms with Gasteiger partial charge in [-0.2, -0.15) is 5.10 Å². The zero-order valence-corrected chi connectivity index (χ0v) is 12.4. The third-order valence-electron chi connectivity index (χ3n) is 3.65. The molecule has 0 aliphatic carbocycles. The fraction of sp³-hybridized carbons (Fsp3) is 0.462. The van der Waals surface area contributed by atoms with E-state index in [0.717, 1.165) is 22.9 Å². The Kier molecular flexibility index (Phi) is 3.64. The minimum atomic E-state index is -0.527. The number of aliphatic hydroxyl groups is 1. The van der Waals surface area contributed by atoms with E-state index in [0.29, 0.717) is 13.1 Å². The van der Waals surface area contributed by atoms with Gasteiger partial charge in [0.15, 0.2) is 5.13 Å². The molecule has 0 saturated carbocycles. The minimum Gasteiger partial charge on any atom is -0.391 e. The van der Waals surface area contributed by atoms with Gasteiger partial charge in [0.05, 0.1) is 11.8 Å². The lowest BCUT2D eigenvalue weighted by atomic mass is 10.0. The van der Waals surface area contributed by atoms with Crippen molar-refractivity contribution in [2.45, 2.75) is 19.4 Å². The van der Waals surface area contributed by atoms with E-state index in [1.165, 1.54) is 11.3 Å². The molecule has 21 heavy (non-hydrogen) atoms. The number of aliphatic hydroxyl groups excluding tert-OH is 1. The zero-order valence-electron chi connectivity index (χ0n) is 11.6. The number of carbonyl (C=O) groups excluding carboxylic acids is 1. The number of hydrogen-bond acceptors (Lipinski definition) is 6. The van der Waals surface area contributed by atoms with Crippen molar-refractivity contribution in [3.05, 3.63) is 28.5 Å². The summed E-state index contributed by atoms with van der Waals surface area (Å²) in [6.07, 6.45) is 0.290. The smallest absolute Gasteiger partial charge is 0.268 e. The quantitative estimate of drug-likeness (QED) is 0.753. The van der Waals surface area contributed by atoms with Gasteiger partial charge in [-0.1, -0.05) is 0 Å². The van der Waals surface area contributed by atoms with E-state index in [9.17, 15) is 9.90 Å². The largest absolute Gasteiger partial charge is 0.391 e. The molecule has 1 aliphatic heterocycles. The van der Waals surface area contributed by atoms with Crippen molar-refractivity contribution < 1.29 is 9.90 Å². The number of β-amino-alcohol motifs (C(OH)–C–C–N with tert-alkyl or cyclic N) is 1. The Morgan fingerprint density at radius 1 is 1.62 bits per heavy atom. The van der Waals surface area contributed by atoms with E-state index < -0.39 is 12.0 Å². The van der Waals surface area contributed by atoms with Crippen LogP contribution in [0.3, 0.4) is 0 Å². The maximum absolute atomic E-state index is 11.1. The number of amides is 1. The molecule has 1 fully saturated rings. The fourth-order valence-corrected chi connectivity index (χ4v) is 3.42. The number of aryl methyl sites for hydroxylation is 1. The molecular weight excluding hydrogens is 290 g/mol. The van der Waals surface area contributed by atoms with Gasteiger partial charge in [-0.15, -0.1) is 11.3 Å². The molecule has 0 radical (unpaired) electrons. The first-order chi connectivity index (χ1) is 10.0. The van der Waals surface area contributed by atoms with E-state index in [-0.39, 0.29) is 11.6 Å². The summed E-state index contributed by atoms with van der Waals surface area (Å²) in [6.45, 7) is 3.16. The molecule has 1 saturated heterocycles. The number of nitrogens with zero attached hydrogens (tertiary/aromatic N) is 3. The van der Waals surface area contributed by atoms with Crippen LogP contribution in [-0.4, -0.2) is 45.4 Å². The van der Waals surface area contributed by atoms with E-state index in [1.807, 2.05) is 17.9 Å². The number of anilines is 1. The Hall–Kier alpha value is -1.93. The van der Waals surface area contributed by atoms with Gasteiger partial charge < -0.3 is 15.7 Å². The Labute approximate surface area is 125 Å². The Morgan fingerprint density at radius 3 is 3.05 bits per heavy atom. The number of carbonyl (C=O) groups is 1. The number of aromatic amines is 1. The standard InChI is InChI=1S/C13H17N5O2S/c1-7-2-9(17-16-7)3-8-4-18(5-11(8)19)13-15-10(6-21-13)12(14)20/h2,6,8,11,19H,3-5H2,1H3,(H2,14,20)(H,16,17)/t8-,11-/m1/s1. The molecule has 4 N–H and O–H groups in total. The van der Waals surface area contributed by atoms with Crippen molar-refractivity contribution in [2.24, 2.45) is 11.7 Å². The Bertz CT molecular complexity index is 653. The zero-order chi connectivity index (χ0) is 15.0. The third-order valence-corrected chi connectivity index (χ3v) is 4.55. The normalized spacial score (nSPS) is 21.9. The van der Waals surface area contributed by atoms with Gasteiger partial charge in [0.1, 0.15) is 5.69 Å². The molecule has 0 spiro atoms. The average molecular weight is 307 g/mol. The molecule has 8 heteroatoms. The number of H-pyrrole nitrogens is 1. The van der Waals surface area contributed by atoms with Crippen LogP contribution in [0.5, 0.6) is 0 Å². The third kappa shape index (κ3) is 2.91. The lowest BCUT2D eigenvalue weighted by Gasteiger charge is -2.13. The Balaban J connectivity index is 1.68. The van der Waals surface area contributed by atoms with Crippen molar-refractivity contribution in [1.29, 1.82) is 0 Å². The summed E-state index contributed by atoms with van der Waals surface area (Å²) < 4.78 is 0. The molecule has 3 heterocycles. The van der Waals surface area contributed by atoms with E-state index in [2.05, 4.69) is 15.2 Å². The van der Waals surface area contributed by atoms with Crippen LogP contribution in [0.25, 0.3) is 0 Å². The van der Waals surface area contributed by atoms with Crippen LogP contribution in [-0.2, 0) is 6.42 Å². The van der Waals surface area contributed by atoms with Crippen LogP contribution >= 0.6 is 11.3 Å². The molecule has 0 unspecified atom stereocenters. The number of nitrogens with two attached hydrogens (primary N) is 1. The number of hydrogen-bond donors (Lipinski definition) is 3. The number of nitrogens with one attached hydrogen (secondary N) is 1. The molecule has 2 aromatic rings. The molecule has 3 rings (SSSR count). The summed E-state index contributed by atoms with van der Waals surface area (Å²) in [5.41, 5.74) is 7.45. The summed E-state index contributed by atoms with van der Waals surface area (Å²) >= 11 is 1.37. The van der Waals surface area contributed by atoms with Crippen molar-refractivity contribution in [2.75, 3.05) is 18.0 Å². The molecule has 2 aromatic heterocycles. The van der Waals surface area contributed by atoms with Gasteiger partial charge in [0.25, 0.3) is 5.91 Å². The van der Waals surface area contributed by atoms with Crippen molar-refractivity contribution in [3.63, 3.8) is 0 Å². The number of aromatic nitrogens is 3. The van der Waals surface area contributed by atoms with E-state index >= 15 is 0 Å². The van der Waals surface area contributed by atoms with Crippen LogP contribution in [0.1, 0.15) is 21.9 Å². The first kappa shape index (κ1) is 14.0. The monoisotopic (exact) mass is 307 g/mol. The van der Waals surface area contributed by atoms with E-state index in [1.54, 1.807) is 5.38 Å². The highest BCUT2D eigenvalue weighted by molar-refractivity contribution is 7.13.